The number of benzene rings is 2. The van der Waals surface area contributed by atoms with E-state index >= 15 is 0 Å². The van der Waals surface area contributed by atoms with E-state index in [1.54, 1.807) is 12.1 Å². The summed E-state index contributed by atoms with van der Waals surface area (Å²) in [5.74, 6) is 0. The van der Waals surface area contributed by atoms with Crippen LogP contribution in [0, 0.1) is 13.8 Å². The van der Waals surface area contributed by atoms with Crippen molar-refractivity contribution in [1.82, 2.24) is 0 Å². The smallest absolute Gasteiger partial charge is 0.207 e. The van der Waals surface area contributed by atoms with E-state index in [-0.39, 0.29) is 24.4 Å². The molecule has 2 aromatic carbocycles. The van der Waals surface area contributed by atoms with Crippen LogP contribution in [0.5, 0.6) is 0 Å². The molecule has 35 heavy (non-hydrogen) atoms. The molecule has 0 radical (unpaired) electrons. The van der Waals surface area contributed by atoms with Crippen molar-refractivity contribution in [3.63, 3.8) is 0 Å². The summed E-state index contributed by atoms with van der Waals surface area (Å²) < 4.78 is 51.3. The molecule has 4 aliphatic heterocycles. The van der Waals surface area contributed by atoms with Crippen LogP contribution >= 0.6 is 0 Å². The summed E-state index contributed by atoms with van der Waals surface area (Å²) in [5, 5.41) is 0. The van der Waals surface area contributed by atoms with Crippen molar-refractivity contribution in [3.8, 4) is 0 Å². The molecular formula is C26H32N2O6S. The van der Waals surface area contributed by atoms with Gasteiger partial charge in [0.15, 0.2) is 0 Å². The monoisotopic (exact) mass is 500 g/mol. The Morgan fingerprint density at radius 1 is 0.714 bits per heavy atom. The summed E-state index contributed by atoms with van der Waals surface area (Å²) >= 11 is 0. The maximum absolute atomic E-state index is 14.6. The van der Waals surface area contributed by atoms with Crippen molar-refractivity contribution >= 4 is 21.2 Å². The topological polar surface area (TPSA) is 136 Å². The lowest BCUT2D eigenvalue weighted by atomic mass is 9.89. The molecule has 2 aromatic rings. The first-order chi connectivity index (χ1) is 16.7. The van der Waals surface area contributed by atoms with Crippen LogP contribution in [0.15, 0.2) is 21.9 Å². The van der Waals surface area contributed by atoms with Gasteiger partial charge in [0, 0.05) is 37.1 Å². The third-order valence-corrected chi connectivity index (χ3v) is 9.58. The van der Waals surface area contributed by atoms with Gasteiger partial charge in [0.2, 0.25) is 9.84 Å². The molecule has 4 N–H and O–H groups in total. The molecular weight excluding hydrogens is 468 g/mol. The van der Waals surface area contributed by atoms with Crippen molar-refractivity contribution < 1.29 is 27.4 Å². The first-order valence-electron chi connectivity index (χ1n) is 12.3. The maximum Gasteiger partial charge on any atom is 0.207 e. The molecule has 4 atom stereocenters. The van der Waals surface area contributed by atoms with E-state index in [4.69, 9.17) is 30.4 Å². The fraction of sp³-hybridized carbons (Fsp3) is 0.538. The van der Waals surface area contributed by atoms with Crippen molar-refractivity contribution in [2.45, 2.75) is 73.7 Å². The van der Waals surface area contributed by atoms with Gasteiger partial charge in [-0.05, 0) is 59.4 Å². The second kappa shape index (κ2) is 8.45. The third kappa shape index (κ3) is 4.56. The molecule has 4 heterocycles. The molecule has 0 saturated carbocycles. The SMILES string of the molecule is Cc1c(N)ccc(S(=O)(=O)c2c(CC3CO3)c(C)c(N)c(CC3CO3)c2CC2CO2)c1CC1CO1. The van der Waals surface area contributed by atoms with Gasteiger partial charge in [-0.2, -0.15) is 0 Å². The summed E-state index contributed by atoms with van der Waals surface area (Å²) in [6.45, 7) is 6.36. The van der Waals surface area contributed by atoms with E-state index in [1.165, 1.54) is 0 Å². The maximum atomic E-state index is 14.6. The zero-order valence-electron chi connectivity index (χ0n) is 20.1. The molecule has 0 aromatic heterocycles. The van der Waals surface area contributed by atoms with Crippen LogP contribution in [0.25, 0.3) is 0 Å². The van der Waals surface area contributed by atoms with Gasteiger partial charge >= 0.3 is 0 Å². The molecule has 6 rings (SSSR count). The lowest BCUT2D eigenvalue weighted by Crippen LogP contribution is -2.20. The van der Waals surface area contributed by atoms with Gasteiger partial charge in [0.25, 0.3) is 0 Å². The zero-order chi connectivity index (χ0) is 24.5. The fourth-order valence-corrected chi connectivity index (χ4v) is 7.20. The number of ether oxygens (including phenoxy) is 4. The largest absolute Gasteiger partial charge is 0.399 e. The highest BCUT2D eigenvalue weighted by Crippen LogP contribution is 2.42. The molecule has 8 nitrogen and oxygen atoms in total. The van der Waals surface area contributed by atoms with Crippen molar-refractivity contribution in [1.29, 1.82) is 0 Å². The quantitative estimate of drug-likeness (QED) is 0.374. The Bertz CT molecular complexity index is 1290. The summed E-state index contributed by atoms with van der Waals surface area (Å²) in [5.41, 5.74) is 18.9. The minimum atomic E-state index is -3.92. The highest BCUT2D eigenvalue weighted by Gasteiger charge is 2.39. The molecule has 0 aliphatic carbocycles. The molecule has 4 unspecified atom stereocenters. The molecule has 188 valence electrons. The highest BCUT2D eigenvalue weighted by molar-refractivity contribution is 7.91. The summed E-state index contributed by atoms with van der Waals surface area (Å²) in [6.07, 6.45) is 2.25. The fourth-order valence-electron chi connectivity index (χ4n) is 5.08. The zero-order valence-corrected chi connectivity index (χ0v) is 20.9. The number of hydrogen-bond acceptors (Lipinski definition) is 8. The van der Waals surface area contributed by atoms with Gasteiger partial charge in [-0.1, -0.05) is 0 Å². The number of rotatable bonds is 10. The van der Waals surface area contributed by atoms with E-state index in [0.29, 0.717) is 73.3 Å². The molecule has 4 saturated heterocycles. The van der Waals surface area contributed by atoms with Gasteiger partial charge in [-0.25, -0.2) is 8.42 Å². The lowest BCUT2D eigenvalue weighted by Gasteiger charge is -2.25. The Morgan fingerprint density at radius 3 is 1.69 bits per heavy atom. The Hall–Kier alpha value is -2.17. The van der Waals surface area contributed by atoms with Crippen molar-refractivity contribution in [2.24, 2.45) is 0 Å². The van der Waals surface area contributed by atoms with Gasteiger partial charge in [0.1, 0.15) is 0 Å². The number of epoxide rings is 4. The van der Waals surface area contributed by atoms with Crippen LogP contribution in [0.4, 0.5) is 11.4 Å². The molecule has 9 heteroatoms. The Kier molecular flexibility index (Phi) is 5.61. The summed E-state index contributed by atoms with van der Waals surface area (Å²) in [4.78, 5) is 0.668. The van der Waals surface area contributed by atoms with E-state index in [0.717, 1.165) is 33.4 Å². The van der Waals surface area contributed by atoms with E-state index in [1.807, 2.05) is 13.8 Å². The highest BCUT2D eigenvalue weighted by atomic mass is 32.2. The van der Waals surface area contributed by atoms with Crippen LogP contribution in [0.3, 0.4) is 0 Å². The summed E-state index contributed by atoms with van der Waals surface area (Å²) in [7, 11) is -3.92. The first kappa shape index (κ1) is 23.2. The van der Waals surface area contributed by atoms with Gasteiger partial charge in [-0.3, -0.25) is 0 Å². The van der Waals surface area contributed by atoms with E-state index < -0.39 is 9.84 Å². The lowest BCUT2D eigenvalue weighted by molar-refractivity contribution is 0.399. The van der Waals surface area contributed by atoms with Gasteiger partial charge < -0.3 is 30.4 Å². The van der Waals surface area contributed by atoms with E-state index in [9.17, 15) is 8.42 Å². The van der Waals surface area contributed by atoms with Gasteiger partial charge in [0.05, 0.1) is 60.6 Å². The molecule has 0 spiro atoms. The van der Waals surface area contributed by atoms with Crippen molar-refractivity contribution in [2.75, 3.05) is 37.9 Å². The average Bonchev–Trinajstić information content (AvgIpc) is 3.63. The standard InChI is InChI=1S/C26H32N2O6S/c1-13-19(5-15-9-31-15)24(4-3-23(13)27)35(29,30)26-20(6-16-10-32-16)14(2)25(28)21(7-17-11-33-17)22(26)8-18-12-34-18/h3-4,15-18H,5-12,27-28H2,1-2H3. The van der Waals surface area contributed by atoms with Gasteiger partial charge in [-0.15, -0.1) is 0 Å². The third-order valence-electron chi connectivity index (χ3n) is 7.59. The second-order valence-corrected chi connectivity index (χ2v) is 12.1. The van der Waals surface area contributed by atoms with Crippen LogP contribution in [-0.2, 0) is 54.5 Å². The molecule has 4 aliphatic rings. The minimum absolute atomic E-state index is 0.00226. The number of sulfone groups is 1. The number of hydrogen-bond donors (Lipinski definition) is 2. The predicted octanol–water partition coefficient (Wildman–Crippen LogP) is 2.07. The average molecular weight is 501 g/mol. The van der Waals surface area contributed by atoms with Crippen LogP contribution < -0.4 is 11.5 Å². The normalized spacial score (nSPS) is 26.6. The Morgan fingerprint density at radius 2 is 1.17 bits per heavy atom. The molecule has 0 amide bonds. The number of nitrogen functional groups attached to an aromatic ring is 2. The number of anilines is 2. The second-order valence-electron chi connectivity index (χ2n) is 10.2. The van der Waals surface area contributed by atoms with E-state index in [2.05, 4.69) is 0 Å². The number of nitrogens with two attached hydrogens (primary N) is 2. The predicted molar refractivity (Wildman–Crippen MR) is 130 cm³/mol. The van der Waals surface area contributed by atoms with Crippen LogP contribution in [-0.4, -0.2) is 59.3 Å². The summed E-state index contributed by atoms with van der Waals surface area (Å²) in [6, 6.07) is 3.34. The minimum Gasteiger partial charge on any atom is -0.399 e. The Labute approximate surface area is 205 Å². The Balaban J connectivity index is 1.59. The van der Waals surface area contributed by atoms with Crippen LogP contribution in [0.2, 0.25) is 0 Å². The van der Waals surface area contributed by atoms with Crippen molar-refractivity contribution in [3.05, 3.63) is 45.5 Å². The molecule has 0 bridgehead atoms. The van der Waals surface area contributed by atoms with Crippen LogP contribution in [0.1, 0.15) is 33.4 Å². The first-order valence-corrected chi connectivity index (χ1v) is 13.7. The molecule has 4 fully saturated rings.